The molecular weight excluding hydrogens is 463 g/mol. The minimum Gasteiger partial charge on any atom is -0.340 e. The van der Waals surface area contributed by atoms with Crippen LogP contribution in [0.15, 0.2) is 22.7 Å². The molecule has 1 saturated heterocycles. The molecule has 1 aliphatic heterocycles. The molecule has 0 spiro atoms. The summed E-state index contributed by atoms with van der Waals surface area (Å²) in [6.07, 6.45) is 0. The molecule has 152 valence electrons. The van der Waals surface area contributed by atoms with Crippen molar-refractivity contribution in [1.29, 1.82) is 0 Å². The summed E-state index contributed by atoms with van der Waals surface area (Å²) in [5.74, 6) is 0.0787. The van der Waals surface area contributed by atoms with Gasteiger partial charge in [-0.25, -0.2) is 0 Å². The highest BCUT2D eigenvalue weighted by Gasteiger charge is 2.26. The normalized spacial score (nSPS) is 16.4. The molecule has 1 aromatic heterocycles. The van der Waals surface area contributed by atoms with Crippen molar-refractivity contribution < 1.29 is 4.79 Å². The molecule has 0 bridgehead atoms. The Morgan fingerprint density at radius 2 is 1.89 bits per heavy atom. The van der Waals surface area contributed by atoms with Gasteiger partial charge in [0.2, 0.25) is 5.91 Å². The minimum atomic E-state index is -0.109. The highest BCUT2D eigenvalue weighted by atomic mass is 79.9. The van der Waals surface area contributed by atoms with Gasteiger partial charge in [0.1, 0.15) is 0 Å². The first-order valence-corrected chi connectivity index (χ1v) is 11.0. The largest absolute Gasteiger partial charge is 0.340 e. The van der Waals surface area contributed by atoms with Crippen molar-refractivity contribution in [3.05, 3.63) is 49.7 Å². The monoisotopic (exact) mass is 486 g/mol. The lowest BCUT2D eigenvalue weighted by Gasteiger charge is -2.36. The SMILES string of the molecule is Cc1nn(CC(C)C(=O)N2CCN(Cc3ccc(Cl)cc3Cl)CC2)c(C)c1Br. The second kappa shape index (κ2) is 9.16. The summed E-state index contributed by atoms with van der Waals surface area (Å²) >= 11 is 15.8. The summed E-state index contributed by atoms with van der Waals surface area (Å²) in [5.41, 5.74) is 3.07. The maximum Gasteiger partial charge on any atom is 0.227 e. The van der Waals surface area contributed by atoms with Crippen molar-refractivity contribution in [1.82, 2.24) is 19.6 Å². The highest BCUT2D eigenvalue weighted by Crippen LogP contribution is 2.23. The number of carbonyl (C=O) groups is 1. The van der Waals surface area contributed by atoms with E-state index in [0.29, 0.717) is 16.6 Å². The van der Waals surface area contributed by atoms with Crippen LogP contribution in [0.5, 0.6) is 0 Å². The molecule has 1 aromatic carbocycles. The van der Waals surface area contributed by atoms with Gasteiger partial charge in [0.25, 0.3) is 0 Å². The average molecular weight is 488 g/mol. The minimum absolute atomic E-state index is 0.109. The first-order chi connectivity index (χ1) is 13.3. The zero-order valence-corrected chi connectivity index (χ0v) is 19.5. The van der Waals surface area contributed by atoms with Crippen molar-refractivity contribution in [3.8, 4) is 0 Å². The third-order valence-electron chi connectivity index (χ3n) is 5.25. The zero-order valence-electron chi connectivity index (χ0n) is 16.4. The molecule has 1 fully saturated rings. The molecule has 1 amide bonds. The Balaban J connectivity index is 1.53. The van der Waals surface area contributed by atoms with E-state index in [1.165, 1.54) is 0 Å². The number of halogens is 3. The topological polar surface area (TPSA) is 41.4 Å². The fraction of sp³-hybridized carbons (Fsp3) is 0.500. The quantitative estimate of drug-likeness (QED) is 0.621. The number of hydrogen-bond acceptors (Lipinski definition) is 3. The van der Waals surface area contributed by atoms with Crippen LogP contribution in [0.25, 0.3) is 0 Å². The molecule has 5 nitrogen and oxygen atoms in total. The highest BCUT2D eigenvalue weighted by molar-refractivity contribution is 9.10. The number of nitrogens with zero attached hydrogens (tertiary/aromatic N) is 4. The van der Waals surface area contributed by atoms with Crippen LogP contribution in [-0.2, 0) is 17.9 Å². The number of aromatic nitrogens is 2. The van der Waals surface area contributed by atoms with E-state index in [4.69, 9.17) is 23.2 Å². The molecular formula is C20H25BrCl2N4O. The van der Waals surface area contributed by atoms with Gasteiger partial charge in [-0.1, -0.05) is 36.2 Å². The predicted molar refractivity (Wildman–Crippen MR) is 117 cm³/mol. The number of benzene rings is 1. The van der Waals surface area contributed by atoms with Crippen LogP contribution < -0.4 is 0 Å². The zero-order chi connectivity index (χ0) is 20.4. The molecule has 0 aliphatic carbocycles. The molecule has 1 aliphatic rings. The summed E-state index contributed by atoms with van der Waals surface area (Å²) in [5, 5.41) is 5.86. The Bertz CT molecular complexity index is 862. The Labute approximate surface area is 184 Å². The first-order valence-electron chi connectivity index (χ1n) is 9.41. The molecule has 0 saturated carbocycles. The molecule has 2 aromatic rings. The lowest BCUT2D eigenvalue weighted by molar-refractivity contribution is -0.137. The van der Waals surface area contributed by atoms with Gasteiger partial charge in [0.15, 0.2) is 0 Å². The van der Waals surface area contributed by atoms with Gasteiger partial charge in [-0.2, -0.15) is 5.10 Å². The van der Waals surface area contributed by atoms with E-state index in [1.807, 2.05) is 42.5 Å². The fourth-order valence-corrected chi connectivity index (χ4v) is 4.27. The Morgan fingerprint density at radius 3 is 2.46 bits per heavy atom. The van der Waals surface area contributed by atoms with E-state index in [1.54, 1.807) is 6.07 Å². The van der Waals surface area contributed by atoms with E-state index in [9.17, 15) is 4.79 Å². The predicted octanol–water partition coefficient (Wildman–Crippen LogP) is 4.55. The smallest absolute Gasteiger partial charge is 0.227 e. The fourth-order valence-electron chi connectivity index (χ4n) is 3.52. The number of hydrogen-bond donors (Lipinski definition) is 0. The van der Waals surface area contributed by atoms with E-state index < -0.39 is 0 Å². The van der Waals surface area contributed by atoms with E-state index in [-0.39, 0.29) is 11.8 Å². The first kappa shape index (κ1) is 21.6. The maximum atomic E-state index is 12.9. The third kappa shape index (κ3) is 4.90. The maximum absolute atomic E-state index is 12.9. The summed E-state index contributed by atoms with van der Waals surface area (Å²) < 4.78 is 2.93. The Kier molecular flexibility index (Phi) is 7.07. The number of piperazine rings is 1. The van der Waals surface area contributed by atoms with Gasteiger partial charge in [-0.15, -0.1) is 0 Å². The number of carbonyl (C=O) groups excluding carboxylic acids is 1. The molecule has 0 radical (unpaired) electrons. The van der Waals surface area contributed by atoms with Crippen molar-refractivity contribution >= 4 is 45.0 Å². The second-order valence-electron chi connectivity index (χ2n) is 7.41. The van der Waals surface area contributed by atoms with Crippen LogP contribution in [-0.4, -0.2) is 51.7 Å². The van der Waals surface area contributed by atoms with Gasteiger partial charge in [-0.3, -0.25) is 14.4 Å². The van der Waals surface area contributed by atoms with Gasteiger partial charge in [-0.05, 0) is 47.5 Å². The number of rotatable bonds is 5. The molecule has 1 atom stereocenters. The summed E-state index contributed by atoms with van der Waals surface area (Å²) in [4.78, 5) is 17.2. The summed E-state index contributed by atoms with van der Waals surface area (Å²) in [7, 11) is 0. The molecule has 2 heterocycles. The van der Waals surface area contributed by atoms with Crippen LogP contribution >= 0.6 is 39.1 Å². The molecule has 28 heavy (non-hydrogen) atoms. The summed E-state index contributed by atoms with van der Waals surface area (Å²) in [6, 6.07) is 5.61. The molecule has 1 unspecified atom stereocenters. The van der Waals surface area contributed by atoms with Crippen LogP contribution in [0.1, 0.15) is 23.9 Å². The average Bonchev–Trinajstić information content (AvgIpc) is 2.90. The van der Waals surface area contributed by atoms with E-state index in [0.717, 1.165) is 54.1 Å². The number of amides is 1. The van der Waals surface area contributed by atoms with Crippen LogP contribution in [0, 0.1) is 19.8 Å². The molecule has 0 N–H and O–H groups in total. The van der Waals surface area contributed by atoms with E-state index in [2.05, 4.69) is 25.9 Å². The van der Waals surface area contributed by atoms with Gasteiger partial charge in [0.05, 0.1) is 22.6 Å². The number of aryl methyl sites for hydroxylation is 1. The lowest BCUT2D eigenvalue weighted by Crippen LogP contribution is -2.50. The van der Waals surface area contributed by atoms with Gasteiger partial charge in [0, 0.05) is 48.5 Å². The van der Waals surface area contributed by atoms with Crippen molar-refractivity contribution in [2.45, 2.75) is 33.9 Å². The summed E-state index contributed by atoms with van der Waals surface area (Å²) in [6.45, 7) is 10.5. The van der Waals surface area contributed by atoms with Crippen LogP contribution in [0.3, 0.4) is 0 Å². The second-order valence-corrected chi connectivity index (χ2v) is 9.04. The Hall–Kier alpha value is -1.08. The molecule has 8 heteroatoms. The van der Waals surface area contributed by atoms with Gasteiger partial charge >= 0.3 is 0 Å². The van der Waals surface area contributed by atoms with E-state index >= 15 is 0 Å². The van der Waals surface area contributed by atoms with Crippen molar-refractivity contribution in [3.63, 3.8) is 0 Å². The Morgan fingerprint density at radius 1 is 1.21 bits per heavy atom. The standard InChI is InChI=1S/C20H25BrCl2N4O/c1-13(11-27-15(3)19(21)14(2)24-27)20(28)26-8-6-25(7-9-26)12-16-4-5-17(22)10-18(16)23/h4-5,10,13H,6-9,11-12H2,1-3H3. The third-order valence-corrected chi connectivity index (χ3v) is 6.99. The lowest BCUT2D eigenvalue weighted by atomic mass is 10.1. The molecule has 3 rings (SSSR count). The van der Waals surface area contributed by atoms with Crippen molar-refractivity contribution in [2.24, 2.45) is 5.92 Å². The van der Waals surface area contributed by atoms with Crippen molar-refractivity contribution in [2.75, 3.05) is 26.2 Å². The van der Waals surface area contributed by atoms with Crippen LogP contribution in [0.4, 0.5) is 0 Å². The van der Waals surface area contributed by atoms with Crippen LogP contribution in [0.2, 0.25) is 10.0 Å². The van der Waals surface area contributed by atoms with Gasteiger partial charge < -0.3 is 4.90 Å².